The highest BCUT2D eigenvalue weighted by molar-refractivity contribution is 5.94. The lowest BCUT2D eigenvalue weighted by molar-refractivity contribution is -0.146. The van der Waals surface area contributed by atoms with Gasteiger partial charge in [-0.05, 0) is 16.5 Å². The van der Waals surface area contributed by atoms with Crippen molar-refractivity contribution in [2.45, 2.75) is 6.18 Å². The Labute approximate surface area is 132 Å². The van der Waals surface area contributed by atoms with Gasteiger partial charge < -0.3 is 19.3 Å². The zero-order valence-electron chi connectivity index (χ0n) is 12.6. The fourth-order valence-corrected chi connectivity index (χ4v) is 2.04. The molecule has 0 saturated heterocycles. The van der Waals surface area contributed by atoms with E-state index in [0.717, 1.165) is 6.07 Å². The molecule has 130 valence electrons. The minimum atomic E-state index is -4.87. The van der Waals surface area contributed by atoms with Crippen molar-refractivity contribution in [3.8, 4) is 22.9 Å². The zero-order valence-corrected chi connectivity index (χ0v) is 12.6. The molecule has 12 heteroatoms. The first kappa shape index (κ1) is 17.3. The van der Waals surface area contributed by atoms with Gasteiger partial charge in [0.15, 0.2) is 11.5 Å². The molecule has 0 atom stereocenters. The summed E-state index contributed by atoms with van der Waals surface area (Å²) >= 11 is 0. The number of aromatic nitrogens is 4. The van der Waals surface area contributed by atoms with Crippen molar-refractivity contribution in [2.75, 3.05) is 21.3 Å². The number of ether oxygens (including phenoxy) is 3. The summed E-state index contributed by atoms with van der Waals surface area (Å²) in [5.74, 6) is -3.55. The quantitative estimate of drug-likeness (QED) is 0.864. The summed E-state index contributed by atoms with van der Waals surface area (Å²) in [7, 11) is 3.53. The molecule has 1 N–H and O–H groups in total. The Bertz CT molecular complexity index is 775. The topological polar surface area (TPSA) is 109 Å². The van der Waals surface area contributed by atoms with Crippen molar-refractivity contribution in [1.82, 2.24) is 20.2 Å². The maximum atomic E-state index is 13.0. The zero-order chi connectivity index (χ0) is 18.1. The second-order valence-corrected chi connectivity index (χ2v) is 4.26. The number of rotatable bonds is 5. The van der Waals surface area contributed by atoms with E-state index >= 15 is 0 Å². The summed E-state index contributed by atoms with van der Waals surface area (Å²) in [4.78, 5) is 11.4. The summed E-state index contributed by atoms with van der Waals surface area (Å²) in [5, 5.41) is 18.4. The maximum Gasteiger partial charge on any atom is 0.453 e. The monoisotopic (exact) mass is 348 g/mol. The Morgan fingerprint density at radius 1 is 1.12 bits per heavy atom. The van der Waals surface area contributed by atoms with Crippen LogP contribution in [0.1, 0.15) is 16.2 Å². The van der Waals surface area contributed by atoms with Crippen LogP contribution in [0.5, 0.6) is 17.2 Å². The average Bonchev–Trinajstić information content (AvgIpc) is 3.01. The number of halogens is 3. The smallest absolute Gasteiger partial charge is 0.453 e. The molecule has 24 heavy (non-hydrogen) atoms. The molecule has 2 aromatic rings. The molecular formula is C12H11F3N4O5. The molecule has 1 aromatic heterocycles. The van der Waals surface area contributed by atoms with Gasteiger partial charge in [0.25, 0.3) is 5.82 Å². The molecule has 1 heterocycles. The van der Waals surface area contributed by atoms with Gasteiger partial charge in [-0.3, -0.25) is 0 Å². The molecule has 2 rings (SSSR count). The van der Waals surface area contributed by atoms with Crippen LogP contribution in [0, 0.1) is 0 Å². The van der Waals surface area contributed by atoms with Crippen LogP contribution in [0.4, 0.5) is 13.2 Å². The van der Waals surface area contributed by atoms with E-state index in [1.165, 1.54) is 21.3 Å². The molecule has 0 aliphatic rings. The highest BCUT2D eigenvalue weighted by Crippen LogP contribution is 2.45. The van der Waals surface area contributed by atoms with Gasteiger partial charge in [0, 0.05) is 0 Å². The van der Waals surface area contributed by atoms with Crippen molar-refractivity contribution < 1.29 is 37.3 Å². The van der Waals surface area contributed by atoms with E-state index in [2.05, 4.69) is 15.5 Å². The van der Waals surface area contributed by atoms with Crippen LogP contribution in [0.3, 0.4) is 0 Å². The highest BCUT2D eigenvalue weighted by atomic mass is 19.4. The number of carbonyl (C=O) groups is 1. The minimum absolute atomic E-state index is 0.210. The molecule has 1 aromatic carbocycles. The molecule has 0 amide bonds. The molecule has 9 nitrogen and oxygen atoms in total. The normalized spacial score (nSPS) is 11.2. The van der Waals surface area contributed by atoms with Crippen molar-refractivity contribution in [3.63, 3.8) is 0 Å². The Morgan fingerprint density at radius 2 is 1.71 bits per heavy atom. The van der Waals surface area contributed by atoms with Crippen LogP contribution >= 0.6 is 0 Å². The number of hydrogen-bond acceptors (Lipinski definition) is 7. The molecule has 0 spiro atoms. The van der Waals surface area contributed by atoms with Crippen LogP contribution in [-0.4, -0.2) is 52.6 Å². The van der Waals surface area contributed by atoms with E-state index in [1.807, 2.05) is 0 Å². The first-order valence-electron chi connectivity index (χ1n) is 6.18. The van der Waals surface area contributed by atoms with Crippen molar-refractivity contribution >= 4 is 5.97 Å². The van der Waals surface area contributed by atoms with E-state index in [0.29, 0.717) is 4.68 Å². The maximum absolute atomic E-state index is 13.0. The second-order valence-electron chi connectivity index (χ2n) is 4.26. The number of aromatic carboxylic acids is 1. The fourth-order valence-electron chi connectivity index (χ4n) is 2.04. The summed E-state index contributed by atoms with van der Waals surface area (Å²) in [5.41, 5.74) is -0.821. The first-order valence-corrected chi connectivity index (χ1v) is 6.18. The van der Waals surface area contributed by atoms with Gasteiger partial charge in [-0.2, -0.15) is 17.9 Å². The number of carboxylic acid groups (broad SMARTS) is 1. The van der Waals surface area contributed by atoms with Crippen LogP contribution < -0.4 is 14.2 Å². The third-order valence-electron chi connectivity index (χ3n) is 2.96. The van der Waals surface area contributed by atoms with Crippen LogP contribution in [-0.2, 0) is 6.18 Å². The average molecular weight is 348 g/mol. The van der Waals surface area contributed by atoms with Gasteiger partial charge in [-0.15, -0.1) is 5.10 Å². The Balaban J connectivity index is 2.87. The van der Waals surface area contributed by atoms with Gasteiger partial charge in [-0.25, -0.2) is 4.79 Å². The Morgan fingerprint density at radius 3 is 2.17 bits per heavy atom. The van der Waals surface area contributed by atoms with Gasteiger partial charge in [0.05, 0.1) is 21.3 Å². The van der Waals surface area contributed by atoms with Crippen molar-refractivity contribution in [3.05, 3.63) is 17.5 Å². The summed E-state index contributed by atoms with van der Waals surface area (Å²) in [6.07, 6.45) is -4.87. The first-order chi connectivity index (χ1) is 11.3. The van der Waals surface area contributed by atoms with Gasteiger partial charge in [0.1, 0.15) is 11.3 Å². The fraction of sp³-hybridized carbons (Fsp3) is 0.333. The van der Waals surface area contributed by atoms with Crippen LogP contribution in [0.15, 0.2) is 6.07 Å². The van der Waals surface area contributed by atoms with E-state index < -0.39 is 23.5 Å². The van der Waals surface area contributed by atoms with Crippen LogP contribution in [0.25, 0.3) is 5.69 Å². The third-order valence-corrected chi connectivity index (χ3v) is 2.96. The lowest BCUT2D eigenvalue weighted by Crippen LogP contribution is -2.16. The van der Waals surface area contributed by atoms with Crippen molar-refractivity contribution in [2.24, 2.45) is 0 Å². The summed E-state index contributed by atoms with van der Waals surface area (Å²) in [6, 6.07) is 0.897. The van der Waals surface area contributed by atoms with Crippen molar-refractivity contribution in [1.29, 1.82) is 0 Å². The predicted octanol–water partition coefficient (Wildman–Crippen LogP) is 1.41. The number of carboxylic acids is 1. The summed E-state index contributed by atoms with van der Waals surface area (Å²) in [6.45, 7) is 0. The molecule has 0 bridgehead atoms. The molecule has 0 unspecified atom stereocenters. The predicted molar refractivity (Wildman–Crippen MR) is 70.8 cm³/mol. The molecule has 0 aliphatic heterocycles. The number of methoxy groups -OCH3 is 3. The van der Waals surface area contributed by atoms with E-state index in [9.17, 15) is 23.1 Å². The number of tetrazole rings is 1. The lowest BCUT2D eigenvalue weighted by atomic mass is 10.1. The standard InChI is InChI=1S/C12H11F3N4O5/c1-22-7-5(10(20)21)4-6(8(23-2)9(7)24-3)19-11(12(13,14)15)16-17-18-19/h4H,1-3H3,(H,20,21). The van der Waals surface area contributed by atoms with Gasteiger partial charge in [-0.1, -0.05) is 0 Å². The number of benzene rings is 1. The summed E-state index contributed by atoms with van der Waals surface area (Å²) < 4.78 is 54.4. The Kier molecular flexibility index (Phi) is 4.48. The molecule has 0 fully saturated rings. The number of alkyl halides is 3. The molecular weight excluding hydrogens is 337 g/mol. The van der Waals surface area contributed by atoms with E-state index in [-0.39, 0.29) is 22.9 Å². The minimum Gasteiger partial charge on any atom is -0.492 e. The van der Waals surface area contributed by atoms with Gasteiger partial charge >= 0.3 is 12.1 Å². The van der Waals surface area contributed by atoms with Crippen LogP contribution in [0.2, 0.25) is 0 Å². The van der Waals surface area contributed by atoms with E-state index in [1.54, 1.807) is 0 Å². The largest absolute Gasteiger partial charge is 0.492 e. The SMILES string of the molecule is COc1c(C(=O)O)cc(-n2nnnc2C(F)(F)F)c(OC)c1OC. The highest BCUT2D eigenvalue weighted by Gasteiger charge is 2.40. The van der Waals surface area contributed by atoms with Gasteiger partial charge in [0.2, 0.25) is 5.75 Å². The molecule has 0 radical (unpaired) electrons. The molecule has 0 aliphatic carbocycles. The number of hydrogen-bond donors (Lipinski definition) is 1. The third kappa shape index (κ3) is 2.77. The Hall–Kier alpha value is -3.05. The second kappa shape index (κ2) is 6.22. The number of nitrogens with zero attached hydrogens (tertiary/aromatic N) is 4. The lowest BCUT2D eigenvalue weighted by Gasteiger charge is -2.18. The molecule has 0 saturated carbocycles. The van der Waals surface area contributed by atoms with E-state index in [4.69, 9.17) is 14.2 Å².